The highest BCUT2D eigenvalue weighted by Crippen LogP contribution is 2.30. The molecular formula is C23H24FN5O3S. The summed E-state index contributed by atoms with van der Waals surface area (Å²) in [5, 5.41) is 2.83. The van der Waals surface area contributed by atoms with Gasteiger partial charge in [0.05, 0.1) is 11.4 Å². The molecule has 1 atom stereocenters. The van der Waals surface area contributed by atoms with Gasteiger partial charge in [0.15, 0.2) is 5.69 Å². The van der Waals surface area contributed by atoms with E-state index in [-0.39, 0.29) is 34.9 Å². The summed E-state index contributed by atoms with van der Waals surface area (Å²) in [6, 6.07) is 13.9. The van der Waals surface area contributed by atoms with Gasteiger partial charge in [0.25, 0.3) is 11.8 Å². The maximum atomic E-state index is 14.8. The number of benzene rings is 2. The summed E-state index contributed by atoms with van der Waals surface area (Å²) in [7, 11) is 0. The van der Waals surface area contributed by atoms with Gasteiger partial charge in [-0.2, -0.15) is 4.37 Å². The summed E-state index contributed by atoms with van der Waals surface area (Å²) in [6.45, 7) is 2.10. The molecule has 3 aromatic rings. The van der Waals surface area contributed by atoms with Crippen molar-refractivity contribution in [3.05, 3.63) is 76.5 Å². The number of primary amides is 1. The normalized spacial score (nSPS) is 11.6. The quantitative estimate of drug-likeness (QED) is 0.443. The van der Waals surface area contributed by atoms with Crippen LogP contribution in [0.2, 0.25) is 0 Å². The highest BCUT2D eigenvalue weighted by Gasteiger charge is 2.35. The topological polar surface area (TPSA) is 131 Å². The first-order valence-electron chi connectivity index (χ1n) is 10.3. The van der Waals surface area contributed by atoms with Gasteiger partial charge in [0, 0.05) is 6.54 Å². The van der Waals surface area contributed by atoms with Crippen LogP contribution < -0.4 is 21.7 Å². The van der Waals surface area contributed by atoms with Gasteiger partial charge in [-0.1, -0.05) is 55.8 Å². The van der Waals surface area contributed by atoms with Gasteiger partial charge in [-0.15, -0.1) is 0 Å². The van der Waals surface area contributed by atoms with Crippen LogP contribution in [-0.2, 0) is 11.3 Å². The van der Waals surface area contributed by atoms with E-state index in [9.17, 15) is 18.8 Å². The average Bonchev–Trinajstić information content (AvgIpc) is 3.20. The lowest BCUT2D eigenvalue weighted by atomic mass is 10.1. The molecule has 0 saturated carbocycles. The van der Waals surface area contributed by atoms with E-state index in [1.807, 2.05) is 37.3 Å². The number of rotatable bonds is 9. The Morgan fingerprint density at radius 3 is 2.39 bits per heavy atom. The number of carbonyl (C=O) groups is 3. The Morgan fingerprint density at radius 1 is 1.12 bits per heavy atom. The van der Waals surface area contributed by atoms with Gasteiger partial charge >= 0.3 is 0 Å². The SMILES string of the molecule is CCC[C@H](C(=O)NCc1ccccc1)N(C(=O)c1snc(C(N)=O)c1N)c1ccccc1F. The van der Waals surface area contributed by atoms with Crippen LogP contribution in [0.3, 0.4) is 0 Å². The van der Waals surface area contributed by atoms with Crippen molar-refractivity contribution in [2.75, 3.05) is 10.6 Å². The van der Waals surface area contributed by atoms with Crippen molar-refractivity contribution in [1.29, 1.82) is 0 Å². The van der Waals surface area contributed by atoms with Crippen molar-refractivity contribution in [3.63, 3.8) is 0 Å². The lowest BCUT2D eigenvalue weighted by molar-refractivity contribution is -0.122. The van der Waals surface area contributed by atoms with Crippen molar-refractivity contribution >= 4 is 40.6 Å². The summed E-state index contributed by atoms with van der Waals surface area (Å²) in [4.78, 5) is 39.3. The summed E-state index contributed by atoms with van der Waals surface area (Å²) >= 11 is 0.678. The highest BCUT2D eigenvalue weighted by molar-refractivity contribution is 7.09. The first-order chi connectivity index (χ1) is 15.8. The van der Waals surface area contributed by atoms with Crippen molar-refractivity contribution in [2.45, 2.75) is 32.4 Å². The summed E-state index contributed by atoms with van der Waals surface area (Å²) in [5.41, 5.74) is 11.6. The number of hydrogen-bond acceptors (Lipinski definition) is 6. The minimum atomic E-state index is -1.03. The molecule has 0 radical (unpaired) electrons. The van der Waals surface area contributed by atoms with E-state index in [0.29, 0.717) is 18.0 Å². The Balaban J connectivity index is 2.01. The van der Waals surface area contributed by atoms with Gasteiger partial charge in [-0.3, -0.25) is 19.3 Å². The number of halogens is 1. The Morgan fingerprint density at radius 2 is 1.79 bits per heavy atom. The molecule has 0 fully saturated rings. The summed E-state index contributed by atoms with van der Waals surface area (Å²) in [5.74, 6) is -2.75. The minimum Gasteiger partial charge on any atom is -0.395 e. The van der Waals surface area contributed by atoms with Crippen LogP contribution >= 0.6 is 11.5 Å². The average molecular weight is 470 g/mol. The fourth-order valence-electron chi connectivity index (χ4n) is 3.36. The molecule has 0 bridgehead atoms. The highest BCUT2D eigenvalue weighted by atomic mass is 32.1. The first kappa shape index (κ1) is 23.9. The molecule has 0 aliphatic rings. The number of nitrogens with two attached hydrogens (primary N) is 2. The molecule has 172 valence electrons. The van der Waals surface area contributed by atoms with Crippen LogP contribution in [0.15, 0.2) is 54.6 Å². The number of anilines is 2. The van der Waals surface area contributed by atoms with Crippen molar-refractivity contribution in [3.8, 4) is 0 Å². The number of aromatic nitrogens is 1. The van der Waals surface area contributed by atoms with Gasteiger partial charge in [0.1, 0.15) is 16.7 Å². The van der Waals surface area contributed by atoms with E-state index in [0.717, 1.165) is 10.5 Å². The molecule has 1 aromatic heterocycles. The largest absolute Gasteiger partial charge is 0.395 e. The second-order valence-corrected chi connectivity index (χ2v) is 8.05. The molecule has 5 N–H and O–H groups in total. The van der Waals surface area contributed by atoms with Gasteiger partial charge in [-0.05, 0) is 35.6 Å². The van der Waals surface area contributed by atoms with E-state index in [4.69, 9.17) is 11.5 Å². The number of nitrogen functional groups attached to an aromatic ring is 1. The fourth-order valence-corrected chi connectivity index (χ4v) is 4.10. The molecule has 8 nitrogen and oxygen atoms in total. The smallest absolute Gasteiger partial charge is 0.272 e. The van der Waals surface area contributed by atoms with Crippen LogP contribution in [0.5, 0.6) is 0 Å². The number of amides is 3. The second-order valence-electron chi connectivity index (χ2n) is 7.27. The Hall–Kier alpha value is -3.79. The molecule has 3 rings (SSSR count). The predicted octanol–water partition coefficient (Wildman–Crippen LogP) is 3.10. The van der Waals surface area contributed by atoms with Gasteiger partial charge in [-0.25, -0.2) is 4.39 Å². The number of nitrogens with one attached hydrogen (secondary N) is 1. The maximum Gasteiger partial charge on any atom is 0.272 e. The van der Waals surface area contributed by atoms with Crippen molar-refractivity contribution in [1.82, 2.24) is 9.69 Å². The van der Waals surface area contributed by atoms with E-state index in [1.54, 1.807) is 6.07 Å². The van der Waals surface area contributed by atoms with E-state index >= 15 is 0 Å². The van der Waals surface area contributed by atoms with Crippen molar-refractivity contribution < 1.29 is 18.8 Å². The molecular weight excluding hydrogens is 445 g/mol. The number of nitrogens with zero attached hydrogens (tertiary/aromatic N) is 2. The zero-order chi connectivity index (χ0) is 24.0. The monoisotopic (exact) mass is 469 g/mol. The third kappa shape index (κ3) is 5.35. The molecule has 3 amide bonds. The molecule has 33 heavy (non-hydrogen) atoms. The second kappa shape index (κ2) is 10.7. The van der Waals surface area contributed by atoms with E-state index in [1.165, 1.54) is 18.2 Å². The molecule has 0 unspecified atom stereocenters. The fraction of sp³-hybridized carbons (Fsp3) is 0.217. The molecule has 1 heterocycles. The zero-order valence-electron chi connectivity index (χ0n) is 18.0. The standard InChI is InChI=1S/C23H24FN5O3S/c1-2-8-17(22(31)27-13-14-9-4-3-5-10-14)29(16-12-7-6-11-15(16)24)23(32)20-18(25)19(21(26)30)28-33-20/h3-7,9-12,17H,2,8,13,25H2,1H3,(H2,26,30)(H,27,31)/t17-/m1/s1. The predicted molar refractivity (Wildman–Crippen MR) is 125 cm³/mol. The lowest BCUT2D eigenvalue weighted by Gasteiger charge is -2.31. The van der Waals surface area contributed by atoms with E-state index in [2.05, 4.69) is 9.69 Å². The van der Waals surface area contributed by atoms with Gasteiger partial charge < -0.3 is 16.8 Å². The molecule has 0 saturated heterocycles. The zero-order valence-corrected chi connectivity index (χ0v) is 18.8. The Bertz CT molecular complexity index is 1150. The van der Waals surface area contributed by atoms with Crippen molar-refractivity contribution in [2.24, 2.45) is 5.73 Å². The minimum absolute atomic E-state index is 0.0794. The summed E-state index contributed by atoms with van der Waals surface area (Å²) < 4.78 is 18.7. The van der Waals surface area contributed by atoms with Crippen LogP contribution in [0.4, 0.5) is 15.8 Å². The summed E-state index contributed by atoms with van der Waals surface area (Å²) in [6.07, 6.45) is 0.814. The molecule has 0 aliphatic carbocycles. The van der Waals surface area contributed by atoms with Gasteiger partial charge in [0.2, 0.25) is 5.91 Å². The molecule has 10 heteroatoms. The van der Waals surface area contributed by atoms with Crippen LogP contribution in [0.25, 0.3) is 0 Å². The number of hydrogen-bond donors (Lipinski definition) is 3. The molecule has 2 aromatic carbocycles. The third-order valence-corrected chi connectivity index (χ3v) is 5.82. The number of carbonyl (C=O) groups excluding carboxylic acids is 3. The van der Waals surface area contributed by atoms with E-state index < -0.39 is 29.6 Å². The Kier molecular flexibility index (Phi) is 7.73. The Labute approximate surface area is 194 Å². The molecule has 0 spiro atoms. The maximum absolute atomic E-state index is 14.8. The number of para-hydroxylation sites is 1. The van der Waals surface area contributed by atoms with Crippen LogP contribution in [-0.4, -0.2) is 28.1 Å². The van der Waals surface area contributed by atoms with Crippen LogP contribution in [0.1, 0.15) is 45.5 Å². The van der Waals surface area contributed by atoms with Crippen LogP contribution in [0, 0.1) is 5.82 Å². The third-order valence-electron chi connectivity index (χ3n) is 4.97. The molecule has 0 aliphatic heterocycles. The first-order valence-corrected chi connectivity index (χ1v) is 11.1. The lowest BCUT2D eigenvalue weighted by Crippen LogP contribution is -2.50.